The van der Waals surface area contributed by atoms with Gasteiger partial charge < -0.3 is 15.2 Å². The largest absolute Gasteiger partial charge is 0.496 e. The molecule has 0 saturated carbocycles. The second-order valence-corrected chi connectivity index (χ2v) is 4.86. The minimum Gasteiger partial charge on any atom is -0.496 e. The third-order valence-electron chi connectivity index (χ3n) is 2.33. The van der Waals surface area contributed by atoms with Crippen molar-refractivity contribution in [2.75, 3.05) is 13.7 Å². The average molecular weight is 229 g/mol. The zero-order valence-corrected chi connectivity index (χ0v) is 10.3. The van der Waals surface area contributed by atoms with Crippen LogP contribution < -0.4 is 10.1 Å². The van der Waals surface area contributed by atoms with Crippen LogP contribution in [0, 0.1) is 5.92 Å². The van der Waals surface area contributed by atoms with E-state index in [2.05, 4.69) is 5.32 Å². The van der Waals surface area contributed by atoms with E-state index in [-0.39, 0.29) is 6.10 Å². The molecule has 0 fully saturated rings. The van der Waals surface area contributed by atoms with E-state index >= 15 is 0 Å². The van der Waals surface area contributed by atoms with Gasteiger partial charge in [0.25, 0.3) is 0 Å². The Morgan fingerprint density at radius 2 is 2.27 bits per heavy atom. The fourth-order valence-electron chi connectivity index (χ4n) is 1.21. The number of methoxy groups -OCH3 is 1. The van der Waals surface area contributed by atoms with Crippen molar-refractivity contribution in [3.63, 3.8) is 0 Å². The Morgan fingerprint density at radius 1 is 1.53 bits per heavy atom. The van der Waals surface area contributed by atoms with Crippen molar-refractivity contribution in [3.05, 3.63) is 16.3 Å². The molecule has 0 spiro atoms. The van der Waals surface area contributed by atoms with Gasteiger partial charge in [-0.15, -0.1) is 11.3 Å². The molecule has 0 amide bonds. The quantitative estimate of drug-likeness (QED) is 0.782. The standard InChI is InChI=1S/C11H19NO2S/c1-8(2)9(13)6-12-7-11-10(14-3)4-5-15-11/h4-5,8-9,12-13H,6-7H2,1-3H3. The predicted molar refractivity (Wildman–Crippen MR) is 63.4 cm³/mol. The molecule has 0 aliphatic carbocycles. The van der Waals surface area contributed by atoms with Gasteiger partial charge in [-0.2, -0.15) is 0 Å². The Morgan fingerprint density at radius 3 is 2.87 bits per heavy atom. The first-order chi connectivity index (χ1) is 7.15. The summed E-state index contributed by atoms with van der Waals surface area (Å²) in [5.41, 5.74) is 0. The van der Waals surface area contributed by atoms with Crippen LogP contribution in [0.15, 0.2) is 11.4 Å². The first kappa shape index (κ1) is 12.5. The number of thiophene rings is 1. The molecule has 0 aromatic carbocycles. The Hall–Kier alpha value is -0.580. The van der Waals surface area contributed by atoms with Gasteiger partial charge in [0, 0.05) is 13.1 Å². The maximum absolute atomic E-state index is 9.59. The Kier molecular flexibility index (Phi) is 5.08. The molecule has 0 radical (unpaired) electrons. The molecule has 86 valence electrons. The summed E-state index contributed by atoms with van der Waals surface area (Å²) in [6, 6.07) is 1.96. The molecule has 1 aromatic rings. The van der Waals surface area contributed by atoms with E-state index in [0.29, 0.717) is 12.5 Å². The fourth-order valence-corrected chi connectivity index (χ4v) is 2.02. The van der Waals surface area contributed by atoms with Crippen LogP contribution in [0.4, 0.5) is 0 Å². The summed E-state index contributed by atoms with van der Waals surface area (Å²) in [5, 5.41) is 14.8. The first-order valence-electron chi connectivity index (χ1n) is 5.14. The molecule has 15 heavy (non-hydrogen) atoms. The van der Waals surface area contributed by atoms with E-state index in [1.807, 2.05) is 25.3 Å². The van der Waals surface area contributed by atoms with Gasteiger partial charge in [-0.25, -0.2) is 0 Å². The average Bonchev–Trinajstić information content (AvgIpc) is 2.65. The third-order valence-corrected chi connectivity index (χ3v) is 3.24. The van der Waals surface area contributed by atoms with Crippen LogP contribution in [0.5, 0.6) is 5.75 Å². The maximum atomic E-state index is 9.59. The van der Waals surface area contributed by atoms with Gasteiger partial charge in [-0.05, 0) is 17.4 Å². The summed E-state index contributed by atoms with van der Waals surface area (Å²) in [5.74, 6) is 1.22. The summed E-state index contributed by atoms with van der Waals surface area (Å²) in [6.45, 7) is 5.40. The van der Waals surface area contributed by atoms with E-state index in [0.717, 1.165) is 12.3 Å². The fraction of sp³-hybridized carbons (Fsp3) is 0.636. The lowest BCUT2D eigenvalue weighted by Gasteiger charge is -2.14. The van der Waals surface area contributed by atoms with Crippen LogP contribution in [0.2, 0.25) is 0 Å². The highest BCUT2D eigenvalue weighted by atomic mass is 32.1. The molecule has 0 bridgehead atoms. The molecule has 2 N–H and O–H groups in total. The predicted octanol–water partition coefficient (Wildman–Crippen LogP) is 1.86. The topological polar surface area (TPSA) is 41.5 Å². The molecule has 1 atom stereocenters. The molecular formula is C11H19NO2S. The Balaban J connectivity index is 2.31. The summed E-state index contributed by atoms with van der Waals surface area (Å²) in [4.78, 5) is 1.17. The lowest BCUT2D eigenvalue weighted by molar-refractivity contribution is 0.123. The van der Waals surface area contributed by atoms with Crippen LogP contribution in [0.1, 0.15) is 18.7 Å². The number of aliphatic hydroxyl groups is 1. The Bertz CT molecular complexity index is 286. The number of hydrogen-bond donors (Lipinski definition) is 2. The molecule has 4 heteroatoms. The summed E-state index contributed by atoms with van der Waals surface area (Å²) >= 11 is 1.67. The van der Waals surface area contributed by atoms with Crippen LogP contribution in [-0.4, -0.2) is 24.9 Å². The van der Waals surface area contributed by atoms with Crippen molar-refractivity contribution in [3.8, 4) is 5.75 Å². The van der Waals surface area contributed by atoms with Crippen molar-refractivity contribution >= 4 is 11.3 Å². The molecule has 1 heterocycles. The van der Waals surface area contributed by atoms with Gasteiger partial charge in [0.2, 0.25) is 0 Å². The number of ether oxygens (including phenoxy) is 1. The minimum atomic E-state index is -0.282. The molecule has 0 saturated heterocycles. The second kappa shape index (κ2) is 6.10. The SMILES string of the molecule is COc1ccsc1CNCC(O)C(C)C. The van der Waals surface area contributed by atoms with E-state index in [4.69, 9.17) is 4.74 Å². The van der Waals surface area contributed by atoms with E-state index in [1.165, 1.54) is 4.88 Å². The summed E-state index contributed by atoms with van der Waals surface area (Å²) in [7, 11) is 1.68. The van der Waals surface area contributed by atoms with Gasteiger partial charge >= 0.3 is 0 Å². The van der Waals surface area contributed by atoms with Crippen LogP contribution in [0.3, 0.4) is 0 Å². The summed E-state index contributed by atoms with van der Waals surface area (Å²) < 4.78 is 5.20. The molecule has 1 aromatic heterocycles. The zero-order chi connectivity index (χ0) is 11.3. The van der Waals surface area contributed by atoms with E-state index < -0.39 is 0 Å². The second-order valence-electron chi connectivity index (χ2n) is 3.85. The van der Waals surface area contributed by atoms with Gasteiger partial charge in [0.05, 0.1) is 18.1 Å². The van der Waals surface area contributed by atoms with Crippen molar-refractivity contribution in [2.24, 2.45) is 5.92 Å². The van der Waals surface area contributed by atoms with Gasteiger partial charge in [-0.1, -0.05) is 13.8 Å². The molecule has 0 aliphatic heterocycles. The number of hydrogen-bond acceptors (Lipinski definition) is 4. The van der Waals surface area contributed by atoms with Crippen molar-refractivity contribution in [1.29, 1.82) is 0 Å². The molecule has 0 aliphatic rings. The van der Waals surface area contributed by atoms with Crippen LogP contribution in [-0.2, 0) is 6.54 Å². The lowest BCUT2D eigenvalue weighted by atomic mass is 10.1. The highest BCUT2D eigenvalue weighted by Crippen LogP contribution is 2.23. The molecule has 3 nitrogen and oxygen atoms in total. The maximum Gasteiger partial charge on any atom is 0.134 e. The van der Waals surface area contributed by atoms with Gasteiger partial charge in [0.1, 0.15) is 5.75 Å². The summed E-state index contributed by atoms with van der Waals surface area (Å²) in [6.07, 6.45) is -0.282. The first-order valence-corrected chi connectivity index (χ1v) is 6.02. The van der Waals surface area contributed by atoms with Gasteiger partial charge in [-0.3, -0.25) is 0 Å². The monoisotopic (exact) mass is 229 g/mol. The highest BCUT2D eigenvalue weighted by molar-refractivity contribution is 7.10. The number of rotatable bonds is 6. The van der Waals surface area contributed by atoms with E-state index in [9.17, 15) is 5.11 Å². The van der Waals surface area contributed by atoms with Crippen LogP contribution in [0.25, 0.3) is 0 Å². The van der Waals surface area contributed by atoms with E-state index in [1.54, 1.807) is 18.4 Å². The lowest BCUT2D eigenvalue weighted by Crippen LogP contribution is -2.30. The molecule has 1 rings (SSSR count). The molecular weight excluding hydrogens is 210 g/mol. The zero-order valence-electron chi connectivity index (χ0n) is 9.49. The number of nitrogens with one attached hydrogen (secondary N) is 1. The van der Waals surface area contributed by atoms with Gasteiger partial charge in [0.15, 0.2) is 0 Å². The number of aliphatic hydroxyl groups excluding tert-OH is 1. The molecule has 1 unspecified atom stereocenters. The Labute approximate surface area is 95.1 Å². The highest BCUT2D eigenvalue weighted by Gasteiger charge is 2.09. The smallest absolute Gasteiger partial charge is 0.134 e. The third kappa shape index (κ3) is 3.81. The van der Waals surface area contributed by atoms with Crippen molar-refractivity contribution < 1.29 is 9.84 Å². The van der Waals surface area contributed by atoms with Crippen molar-refractivity contribution in [1.82, 2.24) is 5.32 Å². The van der Waals surface area contributed by atoms with Crippen LogP contribution >= 0.6 is 11.3 Å². The normalized spacial score (nSPS) is 13.1. The van der Waals surface area contributed by atoms with Crippen molar-refractivity contribution in [2.45, 2.75) is 26.5 Å². The minimum absolute atomic E-state index is 0.282.